The minimum Gasteiger partial charge on any atom is -0.479 e. The lowest BCUT2D eigenvalue weighted by molar-refractivity contribution is -0.139. The lowest BCUT2D eigenvalue weighted by atomic mass is 10.1. The third-order valence-electron chi connectivity index (χ3n) is 4.48. The van der Waals surface area contributed by atoms with E-state index in [-0.39, 0.29) is 17.2 Å². The Morgan fingerprint density at radius 3 is 2.62 bits per heavy atom. The van der Waals surface area contributed by atoms with Crippen LogP contribution >= 0.6 is 0 Å². The van der Waals surface area contributed by atoms with Crippen molar-refractivity contribution in [3.63, 3.8) is 0 Å². The number of hydrogen-bond acceptors (Lipinski definition) is 5. The molecule has 0 amide bonds. The van der Waals surface area contributed by atoms with Gasteiger partial charge in [-0.3, -0.25) is 0 Å². The van der Waals surface area contributed by atoms with E-state index in [0.717, 1.165) is 10.8 Å². The summed E-state index contributed by atoms with van der Waals surface area (Å²) in [7, 11) is -3.73. The number of furan rings is 1. The van der Waals surface area contributed by atoms with Crippen molar-refractivity contribution in [2.24, 2.45) is 0 Å². The second kappa shape index (κ2) is 7.57. The highest BCUT2D eigenvalue weighted by atomic mass is 32.2. The Morgan fingerprint density at radius 1 is 1.03 bits per heavy atom. The Morgan fingerprint density at radius 2 is 1.83 bits per heavy atom. The van der Waals surface area contributed by atoms with E-state index < -0.39 is 22.6 Å². The van der Waals surface area contributed by atoms with E-state index in [1.165, 1.54) is 6.26 Å². The molecule has 2 N–H and O–H groups in total. The Bertz CT molecular complexity index is 1310. The molecule has 29 heavy (non-hydrogen) atoms. The first-order chi connectivity index (χ1) is 13.9. The van der Waals surface area contributed by atoms with Crippen LogP contribution in [0.4, 0.5) is 0 Å². The maximum atomic E-state index is 12.7. The van der Waals surface area contributed by atoms with E-state index >= 15 is 0 Å². The average molecular weight is 411 g/mol. The molecule has 3 aromatic carbocycles. The van der Waals surface area contributed by atoms with E-state index in [4.69, 9.17) is 14.3 Å². The smallest absolute Gasteiger partial charge is 0.341 e. The predicted octanol–water partition coefficient (Wildman–Crippen LogP) is 3.53. The highest BCUT2D eigenvalue weighted by Gasteiger charge is 2.17. The fourth-order valence-corrected chi connectivity index (χ4v) is 4.11. The molecule has 148 valence electrons. The number of carbonyl (C=O) groups is 1. The van der Waals surface area contributed by atoms with Gasteiger partial charge in [0.05, 0.1) is 11.2 Å². The second-order valence-corrected chi connectivity index (χ2v) is 8.18. The van der Waals surface area contributed by atoms with Crippen LogP contribution in [0.2, 0.25) is 0 Å². The lowest BCUT2D eigenvalue weighted by Gasteiger charge is -2.07. The van der Waals surface area contributed by atoms with Crippen LogP contribution in [-0.4, -0.2) is 26.1 Å². The van der Waals surface area contributed by atoms with Crippen molar-refractivity contribution in [1.82, 2.24) is 4.72 Å². The van der Waals surface area contributed by atoms with Crippen LogP contribution < -0.4 is 9.46 Å². The van der Waals surface area contributed by atoms with Gasteiger partial charge in [0.2, 0.25) is 10.0 Å². The van der Waals surface area contributed by atoms with E-state index in [2.05, 4.69) is 4.72 Å². The molecule has 0 saturated carbocycles. The first kappa shape index (κ1) is 19.0. The maximum absolute atomic E-state index is 12.7. The minimum absolute atomic E-state index is 0.0184. The normalized spacial score (nSPS) is 11.7. The molecule has 4 aromatic rings. The zero-order valence-corrected chi connectivity index (χ0v) is 16.0. The van der Waals surface area contributed by atoms with E-state index in [1.807, 2.05) is 24.3 Å². The molecule has 0 radical (unpaired) electrons. The van der Waals surface area contributed by atoms with Gasteiger partial charge in [-0.05, 0) is 29.0 Å². The Kier molecular flexibility index (Phi) is 4.96. The first-order valence-electron chi connectivity index (χ1n) is 8.76. The largest absolute Gasteiger partial charge is 0.479 e. The highest BCUT2D eigenvalue weighted by molar-refractivity contribution is 7.89. The molecular weight excluding hydrogens is 394 g/mol. The van der Waals surface area contributed by atoms with Gasteiger partial charge in [0.25, 0.3) is 0 Å². The summed E-state index contributed by atoms with van der Waals surface area (Å²) in [6.07, 6.45) is 1.43. The summed E-state index contributed by atoms with van der Waals surface area (Å²) in [5.41, 5.74) is 0.985. The topological polar surface area (TPSA) is 106 Å². The molecule has 0 saturated heterocycles. The van der Waals surface area contributed by atoms with Gasteiger partial charge in [-0.25, -0.2) is 17.9 Å². The van der Waals surface area contributed by atoms with Gasteiger partial charge >= 0.3 is 5.97 Å². The van der Waals surface area contributed by atoms with Crippen molar-refractivity contribution in [3.05, 3.63) is 72.5 Å². The maximum Gasteiger partial charge on any atom is 0.341 e. The van der Waals surface area contributed by atoms with Crippen molar-refractivity contribution < 1.29 is 27.5 Å². The number of benzene rings is 3. The number of aliphatic carboxylic acids is 1. The van der Waals surface area contributed by atoms with Crippen molar-refractivity contribution in [2.75, 3.05) is 6.61 Å². The molecule has 0 unspecified atom stereocenters. The Labute approximate surface area is 166 Å². The van der Waals surface area contributed by atoms with Crippen LogP contribution in [0.5, 0.6) is 5.75 Å². The number of rotatable bonds is 7. The number of nitrogens with one attached hydrogen (secondary N) is 1. The number of carboxylic acid groups (broad SMARTS) is 1. The molecule has 1 heterocycles. The van der Waals surface area contributed by atoms with Crippen LogP contribution in [0.3, 0.4) is 0 Å². The summed E-state index contributed by atoms with van der Waals surface area (Å²) < 4.78 is 38.7. The fourth-order valence-electron chi connectivity index (χ4n) is 3.06. The van der Waals surface area contributed by atoms with E-state index in [0.29, 0.717) is 16.5 Å². The highest BCUT2D eigenvalue weighted by Crippen LogP contribution is 2.30. The molecular formula is C21H17NO6S. The molecule has 0 atom stereocenters. The van der Waals surface area contributed by atoms with Crippen molar-refractivity contribution in [1.29, 1.82) is 0 Å². The summed E-state index contributed by atoms with van der Waals surface area (Å²) in [5, 5.41) is 11.2. The van der Waals surface area contributed by atoms with Gasteiger partial charge in [-0.15, -0.1) is 0 Å². The summed E-state index contributed by atoms with van der Waals surface area (Å²) >= 11 is 0. The van der Waals surface area contributed by atoms with Gasteiger partial charge in [0.1, 0.15) is 0 Å². The molecule has 0 aliphatic heterocycles. The van der Waals surface area contributed by atoms with Gasteiger partial charge in [0.15, 0.2) is 17.9 Å². The molecule has 0 fully saturated rings. The molecule has 0 spiro atoms. The summed E-state index contributed by atoms with van der Waals surface area (Å²) in [6.45, 7) is -0.478. The fraction of sp³-hybridized carbons (Fsp3) is 0.0952. The van der Waals surface area contributed by atoms with Crippen LogP contribution in [0.15, 0.2) is 76.2 Å². The minimum atomic E-state index is -3.73. The molecule has 0 aliphatic carbocycles. The average Bonchev–Trinajstić information content (AvgIpc) is 3.14. The zero-order valence-electron chi connectivity index (χ0n) is 15.2. The number of fused-ring (bicyclic) bond motifs is 2. The van der Waals surface area contributed by atoms with Crippen LogP contribution in [-0.2, 0) is 21.4 Å². The number of ether oxygens (including phenoxy) is 1. The first-order valence-corrected chi connectivity index (χ1v) is 10.2. The molecule has 8 heteroatoms. The molecule has 4 rings (SSSR count). The van der Waals surface area contributed by atoms with Crippen LogP contribution in [0.25, 0.3) is 21.7 Å². The van der Waals surface area contributed by atoms with Gasteiger partial charge in [-0.1, -0.05) is 42.5 Å². The van der Waals surface area contributed by atoms with Crippen LogP contribution in [0, 0.1) is 0 Å². The molecule has 0 aliphatic rings. The predicted molar refractivity (Wildman–Crippen MR) is 107 cm³/mol. The van der Waals surface area contributed by atoms with Crippen molar-refractivity contribution in [3.8, 4) is 5.75 Å². The third kappa shape index (κ3) is 3.94. The molecule has 1 aromatic heterocycles. The number of para-hydroxylation sites is 1. The van der Waals surface area contributed by atoms with E-state index in [9.17, 15) is 13.2 Å². The number of hydrogen-bond donors (Lipinski definition) is 2. The third-order valence-corrected chi connectivity index (χ3v) is 5.88. The van der Waals surface area contributed by atoms with Crippen molar-refractivity contribution in [2.45, 2.75) is 11.4 Å². The van der Waals surface area contributed by atoms with Gasteiger partial charge in [-0.2, -0.15) is 0 Å². The standard InChI is InChI=1S/C21H17NO6S/c23-20(24)13-27-19-7-3-6-18-16(12-28-21(18)19)11-22-29(25,26)17-9-8-14-4-1-2-5-15(14)10-17/h1-10,12,22H,11,13H2,(H,23,24). The van der Waals surface area contributed by atoms with Crippen molar-refractivity contribution >= 4 is 37.7 Å². The van der Waals surface area contributed by atoms with Gasteiger partial charge in [0, 0.05) is 17.5 Å². The quantitative estimate of drug-likeness (QED) is 0.482. The zero-order chi connectivity index (χ0) is 20.4. The number of carboxylic acids is 1. The summed E-state index contributed by atoms with van der Waals surface area (Å²) in [4.78, 5) is 10.9. The Balaban J connectivity index is 1.56. The summed E-state index contributed by atoms with van der Waals surface area (Å²) in [5.74, 6) is -0.814. The SMILES string of the molecule is O=C(O)COc1cccc2c(CNS(=O)(=O)c3ccc4ccccc4c3)coc12. The molecule has 0 bridgehead atoms. The van der Waals surface area contributed by atoms with E-state index in [1.54, 1.807) is 36.4 Å². The Hall–Kier alpha value is -3.36. The number of sulfonamides is 1. The lowest BCUT2D eigenvalue weighted by Crippen LogP contribution is -2.23. The van der Waals surface area contributed by atoms with Gasteiger partial charge < -0.3 is 14.3 Å². The molecule has 7 nitrogen and oxygen atoms in total. The monoisotopic (exact) mass is 411 g/mol. The summed E-state index contributed by atoms with van der Waals surface area (Å²) in [6, 6.07) is 17.5. The second-order valence-electron chi connectivity index (χ2n) is 6.41. The van der Waals surface area contributed by atoms with Crippen LogP contribution in [0.1, 0.15) is 5.56 Å².